The van der Waals surface area contributed by atoms with Crippen LogP contribution in [0.4, 0.5) is 15.2 Å². The molecule has 0 atom stereocenters. The number of carbonyl (C=O) groups is 2. The van der Waals surface area contributed by atoms with E-state index in [4.69, 9.17) is 0 Å². The van der Waals surface area contributed by atoms with Gasteiger partial charge in [0.2, 0.25) is 15.9 Å². The van der Waals surface area contributed by atoms with E-state index in [0.29, 0.717) is 15.9 Å². The number of anilines is 2. The Morgan fingerprint density at radius 2 is 1.81 bits per heavy atom. The first kappa shape index (κ1) is 22.8. The highest BCUT2D eigenvalue weighted by atomic mass is 32.2. The van der Waals surface area contributed by atoms with E-state index < -0.39 is 27.3 Å². The summed E-state index contributed by atoms with van der Waals surface area (Å²) in [6, 6.07) is 8.20. The minimum atomic E-state index is -3.84. The van der Waals surface area contributed by atoms with Gasteiger partial charge in [0, 0.05) is 25.7 Å². The number of thiazole rings is 1. The average molecular weight is 465 g/mol. The number of benzene rings is 2. The van der Waals surface area contributed by atoms with Crippen LogP contribution in [-0.2, 0) is 14.8 Å². The van der Waals surface area contributed by atoms with Crippen molar-refractivity contribution in [3.63, 3.8) is 0 Å². The molecule has 3 rings (SSSR count). The molecule has 0 aliphatic heterocycles. The summed E-state index contributed by atoms with van der Waals surface area (Å²) in [6.45, 7) is 5.30. The molecule has 0 aliphatic carbocycles. The maximum atomic E-state index is 14.3. The molecule has 8 nitrogen and oxygen atoms in total. The number of carbonyl (C=O) groups excluding carboxylic acids is 2. The smallest absolute Gasteiger partial charge is 0.260 e. The van der Waals surface area contributed by atoms with Crippen LogP contribution in [0.1, 0.15) is 31.1 Å². The van der Waals surface area contributed by atoms with E-state index >= 15 is 0 Å². The van der Waals surface area contributed by atoms with Crippen LogP contribution in [0, 0.1) is 5.82 Å². The number of hydrogen-bond acceptors (Lipinski definition) is 6. The molecule has 164 valence electrons. The lowest BCUT2D eigenvalue weighted by atomic mass is 10.2. The summed E-state index contributed by atoms with van der Waals surface area (Å²) in [5.74, 6) is -1.87. The number of rotatable bonds is 7. The van der Waals surface area contributed by atoms with Gasteiger partial charge in [0.1, 0.15) is 5.82 Å². The summed E-state index contributed by atoms with van der Waals surface area (Å²) in [7, 11) is -3.84. The Hall–Kier alpha value is -2.89. The van der Waals surface area contributed by atoms with Gasteiger partial charge in [-0.2, -0.15) is 4.31 Å². The van der Waals surface area contributed by atoms with Gasteiger partial charge in [-0.15, -0.1) is 0 Å². The van der Waals surface area contributed by atoms with Crippen molar-refractivity contribution >= 4 is 54.2 Å². The van der Waals surface area contributed by atoms with Gasteiger partial charge in [-0.3, -0.25) is 14.9 Å². The molecule has 0 saturated heterocycles. The highest BCUT2D eigenvalue weighted by Crippen LogP contribution is 2.29. The van der Waals surface area contributed by atoms with Gasteiger partial charge in [-0.25, -0.2) is 17.8 Å². The fourth-order valence-corrected chi connectivity index (χ4v) is 5.36. The van der Waals surface area contributed by atoms with Crippen LogP contribution in [0.3, 0.4) is 0 Å². The number of amides is 2. The van der Waals surface area contributed by atoms with Gasteiger partial charge < -0.3 is 5.32 Å². The van der Waals surface area contributed by atoms with Crippen LogP contribution in [0.15, 0.2) is 41.3 Å². The summed E-state index contributed by atoms with van der Waals surface area (Å²) in [6.07, 6.45) is 0. The van der Waals surface area contributed by atoms with Crippen LogP contribution >= 0.6 is 11.3 Å². The lowest BCUT2D eigenvalue weighted by Gasteiger charge is -2.18. The minimum absolute atomic E-state index is 0.160. The fraction of sp³-hybridized carbons (Fsp3) is 0.250. The zero-order chi connectivity index (χ0) is 22.8. The van der Waals surface area contributed by atoms with Crippen LogP contribution < -0.4 is 10.6 Å². The molecule has 2 N–H and O–H groups in total. The lowest BCUT2D eigenvalue weighted by molar-refractivity contribution is -0.114. The Balaban J connectivity index is 1.89. The van der Waals surface area contributed by atoms with Crippen molar-refractivity contribution in [1.82, 2.24) is 9.29 Å². The maximum absolute atomic E-state index is 14.3. The molecule has 1 aromatic heterocycles. The number of nitrogens with one attached hydrogen (secondary N) is 2. The molecule has 0 unspecified atom stereocenters. The van der Waals surface area contributed by atoms with E-state index in [1.165, 1.54) is 11.2 Å². The first-order valence-corrected chi connectivity index (χ1v) is 11.7. The number of hydrogen-bond donors (Lipinski definition) is 2. The summed E-state index contributed by atoms with van der Waals surface area (Å²) >= 11 is 1.15. The molecule has 2 aromatic carbocycles. The molecular formula is C20H21FN4O4S2. The first-order valence-electron chi connectivity index (χ1n) is 9.45. The molecule has 11 heteroatoms. The van der Waals surface area contributed by atoms with Crippen LogP contribution in [0.2, 0.25) is 0 Å². The lowest BCUT2D eigenvalue weighted by Crippen LogP contribution is -2.31. The van der Waals surface area contributed by atoms with Crippen LogP contribution in [0.25, 0.3) is 10.2 Å². The molecule has 0 spiro atoms. The second-order valence-corrected chi connectivity index (χ2v) is 9.54. The second kappa shape index (κ2) is 9.08. The molecule has 31 heavy (non-hydrogen) atoms. The minimum Gasteiger partial charge on any atom is -0.326 e. The van der Waals surface area contributed by atoms with E-state index in [2.05, 4.69) is 15.6 Å². The Kier molecular flexibility index (Phi) is 6.68. The molecule has 0 fully saturated rings. The van der Waals surface area contributed by atoms with E-state index in [0.717, 1.165) is 29.5 Å². The third-order valence-electron chi connectivity index (χ3n) is 4.45. The first-order chi connectivity index (χ1) is 14.6. The SMILES string of the molecule is CCN(CC)S(=O)(=O)c1ccc(F)c(C(=O)Nc2nc3ccc(NC(C)=O)cc3s2)c1. The molecule has 0 saturated carbocycles. The molecule has 0 radical (unpaired) electrons. The number of aromatic nitrogens is 1. The molecule has 2 amide bonds. The van der Waals surface area contributed by atoms with Gasteiger partial charge >= 0.3 is 0 Å². The van der Waals surface area contributed by atoms with Crippen LogP contribution in [0.5, 0.6) is 0 Å². The van der Waals surface area contributed by atoms with E-state index in [1.54, 1.807) is 32.0 Å². The number of halogens is 1. The third-order valence-corrected chi connectivity index (χ3v) is 7.43. The number of nitrogens with zero attached hydrogens (tertiary/aromatic N) is 2. The summed E-state index contributed by atoms with van der Waals surface area (Å²) in [5.41, 5.74) is 0.779. The van der Waals surface area contributed by atoms with Gasteiger partial charge in [0.05, 0.1) is 20.7 Å². The van der Waals surface area contributed by atoms with Gasteiger partial charge in [-0.05, 0) is 36.4 Å². The highest BCUT2D eigenvalue weighted by molar-refractivity contribution is 7.89. The number of sulfonamides is 1. The van der Waals surface area contributed by atoms with Crippen molar-refractivity contribution in [2.75, 3.05) is 23.7 Å². The van der Waals surface area contributed by atoms with E-state index in [1.807, 2.05) is 0 Å². The predicted octanol–water partition coefficient (Wildman–Crippen LogP) is 3.68. The standard InChI is InChI=1S/C20H21FN4O4S2/c1-4-25(5-2)31(28,29)14-7-8-16(21)15(11-14)19(27)24-20-23-17-9-6-13(22-12(3)26)10-18(17)30-20/h6-11H,4-5H2,1-3H3,(H,22,26)(H,23,24,27). The van der Waals surface area contributed by atoms with Gasteiger partial charge in [-0.1, -0.05) is 25.2 Å². The fourth-order valence-electron chi connectivity index (χ4n) is 2.97. The largest absolute Gasteiger partial charge is 0.326 e. The zero-order valence-electron chi connectivity index (χ0n) is 17.1. The molecule has 0 bridgehead atoms. The Morgan fingerprint density at radius 3 is 2.45 bits per heavy atom. The number of fused-ring (bicyclic) bond motifs is 1. The van der Waals surface area contributed by atoms with Crippen molar-refractivity contribution in [2.24, 2.45) is 0 Å². The van der Waals surface area contributed by atoms with Crippen LogP contribution in [-0.4, -0.2) is 42.6 Å². The van der Waals surface area contributed by atoms with Crippen molar-refractivity contribution in [3.8, 4) is 0 Å². The van der Waals surface area contributed by atoms with Gasteiger partial charge in [0.25, 0.3) is 5.91 Å². The maximum Gasteiger partial charge on any atom is 0.260 e. The monoisotopic (exact) mass is 464 g/mol. The predicted molar refractivity (Wildman–Crippen MR) is 118 cm³/mol. The zero-order valence-corrected chi connectivity index (χ0v) is 18.7. The Bertz CT molecular complexity index is 1250. The third kappa shape index (κ3) is 4.89. The molecule has 3 aromatic rings. The summed E-state index contributed by atoms with van der Waals surface area (Å²) < 4.78 is 41.7. The topological polar surface area (TPSA) is 108 Å². The summed E-state index contributed by atoms with van der Waals surface area (Å²) in [4.78, 5) is 28.0. The Morgan fingerprint density at radius 1 is 1.10 bits per heavy atom. The van der Waals surface area contributed by atoms with Crippen molar-refractivity contribution < 1.29 is 22.4 Å². The Labute approximate surface area is 183 Å². The summed E-state index contributed by atoms with van der Waals surface area (Å²) in [5, 5.41) is 5.40. The van der Waals surface area contributed by atoms with Crippen molar-refractivity contribution in [1.29, 1.82) is 0 Å². The molecular weight excluding hydrogens is 443 g/mol. The van der Waals surface area contributed by atoms with E-state index in [9.17, 15) is 22.4 Å². The van der Waals surface area contributed by atoms with Crippen molar-refractivity contribution in [3.05, 3.63) is 47.8 Å². The quantitative estimate of drug-likeness (QED) is 0.555. The average Bonchev–Trinajstić information content (AvgIpc) is 3.09. The normalized spacial score (nSPS) is 11.6. The second-order valence-electron chi connectivity index (χ2n) is 6.57. The van der Waals surface area contributed by atoms with Gasteiger partial charge in [0.15, 0.2) is 5.13 Å². The molecule has 0 aliphatic rings. The highest BCUT2D eigenvalue weighted by Gasteiger charge is 2.24. The molecule has 1 heterocycles. The van der Waals surface area contributed by atoms with E-state index in [-0.39, 0.29) is 29.0 Å². The van der Waals surface area contributed by atoms with Crippen molar-refractivity contribution in [2.45, 2.75) is 25.7 Å².